The number of unbranched alkanes of at least 4 members (excludes halogenated alkanes) is 1. The van der Waals surface area contributed by atoms with E-state index in [9.17, 15) is 49.2 Å². The molecule has 0 unspecified atom stereocenters. The number of hydrogen-bond donors (Lipinski definition) is 7. The van der Waals surface area contributed by atoms with E-state index < -0.39 is 63.3 Å². The van der Waals surface area contributed by atoms with Crippen molar-refractivity contribution in [1.29, 1.82) is 0 Å². The van der Waals surface area contributed by atoms with Crippen LogP contribution in [0.5, 0.6) is 0 Å². The Morgan fingerprint density at radius 3 is 1.32 bits per heavy atom. The summed E-state index contributed by atoms with van der Waals surface area (Å²) < 4.78 is 38.0. The van der Waals surface area contributed by atoms with Crippen molar-refractivity contribution in [2.24, 2.45) is 104 Å². The SMILES string of the molecule is CCC(C)(C)C(=O)O[C@H]1C[C@@H](C)C=C2C=C[C@H](C)[C@H](CC[C@@H](C[C@H](CC(=O)O)O[Si](C)(C)C(C)(C)C)O[Si](C)(C)C(C)(C)C)[C@H]21.CCC(C)(C)C(=O)O[C@H]1C[C@@H](C)C=C2C=C[C@H](C)[C@H](CC[C@@H](O)C[C@@H](O)CC(=O)NCCCCN=C(N)N)[C@H]21.CCC(C)(C)C(=O)O[C@H]1C[C@@H](C)C=C2C=C[C@H](C)[C@H](CC[C@@H]3C[C@@H](O)CC(=O)O3)[C@H]21. The van der Waals surface area contributed by atoms with Gasteiger partial charge in [-0.25, -0.2) is 0 Å². The number of nitrogens with one attached hydrogen (secondary N) is 1. The number of guanidine groups is 1. The third-order valence-corrected chi connectivity index (χ3v) is 36.3. The molecule has 20 nitrogen and oxygen atoms in total. The molecule has 7 rings (SSSR count). The number of nitrogens with zero attached hydrogens (tertiary/aromatic N) is 1. The highest BCUT2D eigenvalue weighted by atomic mass is 28.4. The summed E-state index contributed by atoms with van der Waals surface area (Å²) in [7, 11) is -4.37. The summed E-state index contributed by atoms with van der Waals surface area (Å²) in [5.41, 5.74) is 12.8. The molecule has 0 radical (unpaired) electrons. The third kappa shape index (κ3) is 29.6. The zero-order chi connectivity index (χ0) is 86.0. The molecule has 1 saturated heterocycles. The molecule has 0 aromatic heterocycles. The first-order chi connectivity index (χ1) is 52.7. The van der Waals surface area contributed by atoms with Crippen LogP contribution in [0.1, 0.15) is 274 Å². The summed E-state index contributed by atoms with van der Waals surface area (Å²) in [5.74, 6) is 1.50. The monoisotopic (exact) mass is 1630 g/mol. The number of esters is 4. The number of hydrogen-bond acceptors (Lipinski definition) is 16. The first-order valence-corrected chi connectivity index (χ1v) is 49.5. The number of carboxylic acids is 1. The Labute approximate surface area is 690 Å². The Bertz CT molecular complexity index is 3370. The van der Waals surface area contributed by atoms with Crippen LogP contribution in [0.4, 0.5) is 0 Å². The van der Waals surface area contributed by atoms with Gasteiger partial charge in [-0.15, -0.1) is 0 Å². The lowest BCUT2D eigenvalue weighted by Crippen LogP contribution is -2.48. The van der Waals surface area contributed by atoms with E-state index in [1.807, 2.05) is 62.3 Å². The minimum absolute atomic E-state index is 0.0227. The number of carbonyl (C=O) groups excluding carboxylic acids is 5. The Morgan fingerprint density at radius 2 is 0.947 bits per heavy atom. The van der Waals surface area contributed by atoms with Crippen molar-refractivity contribution in [2.45, 2.75) is 365 Å². The summed E-state index contributed by atoms with van der Waals surface area (Å²) in [5, 5.41) is 43.7. The largest absolute Gasteiger partial charge is 0.481 e. The maximum Gasteiger partial charge on any atom is 0.311 e. The fraction of sp³-hybridized carbons (Fsp3) is 0.793. The van der Waals surface area contributed by atoms with Crippen molar-refractivity contribution in [3.63, 3.8) is 0 Å². The third-order valence-electron chi connectivity index (χ3n) is 27.2. The number of aliphatic hydroxyl groups excluding tert-OH is 3. The van der Waals surface area contributed by atoms with Crippen LogP contribution in [0.15, 0.2) is 76.4 Å². The number of amides is 1. The van der Waals surface area contributed by atoms with Gasteiger partial charge in [0.25, 0.3) is 0 Å². The normalized spacial score (nSPS) is 28.9. The van der Waals surface area contributed by atoms with Gasteiger partial charge in [0.2, 0.25) is 5.91 Å². The number of carboxylic acid groups (broad SMARTS) is 1. The average Bonchev–Trinajstić information content (AvgIpc) is 0.782. The van der Waals surface area contributed by atoms with E-state index in [1.54, 1.807) is 0 Å². The molecule has 1 fully saturated rings. The van der Waals surface area contributed by atoms with E-state index >= 15 is 0 Å². The molecule has 22 heteroatoms. The summed E-state index contributed by atoms with van der Waals surface area (Å²) in [6.45, 7) is 54.3. The zero-order valence-electron chi connectivity index (χ0n) is 75.2. The predicted octanol–water partition coefficient (Wildman–Crippen LogP) is 17.9. The van der Waals surface area contributed by atoms with Gasteiger partial charge in [-0.3, -0.25) is 33.8 Å². The Balaban J connectivity index is 0.000000311. The quantitative estimate of drug-likeness (QED) is 0.00774. The lowest BCUT2D eigenvalue weighted by Gasteiger charge is -2.45. The van der Waals surface area contributed by atoms with Gasteiger partial charge < -0.3 is 65.0 Å². The molecule has 1 aliphatic heterocycles. The Morgan fingerprint density at radius 1 is 0.553 bits per heavy atom. The minimum Gasteiger partial charge on any atom is -0.481 e. The topological polar surface area (TPSA) is 315 Å². The summed E-state index contributed by atoms with van der Waals surface area (Å²) in [6, 6.07) is 0. The van der Waals surface area contributed by atoms with Gasteiger partial charge in [0.05, 0.1) is 59.9 Å². The summed E-state index contributed by atoms with van der Waals surface area (Å²) >= 11 is 0. The van der Waals surface area contributed by atoms with Gasteiger partial charge in [0.1, 0.15) is 24.4 Å². The van der Waals surface area contributed by atoms with Crippen LogP contribution in [0.3, 0.4) is 0 Å². The maximum atomic E-state index is 13.3. The van der Waals surface area contributed by atoms with Crippen LogP contribution >= 0.6 is 0 Å². The number of rotatable bonds is 35. The number of cyclic esters (lactones) is 1. The molecule has 7 aliphatic rings. The number of aliphatic carboxylic acids is 1. The fourth-order valence-electron chi connectivity index (χ4n) is 16.7. The molecular weight excluding hydrogens is 1470 g/mol. The lowest BCUT2D eigenvalue weighted by molar-refractivity contribution is -0.166. The minimum atomic E-state index is -2.21. The number of carbonyl (C=O) groups is 6. The molecule has 1 heterocycles. The highest BCUT2D eigenvalue weighted by Crippen LogP contribution is 2.51. The van der Waals surface area contributed by atoms with E-state index in [4.69, 9.17) is 39.3 Å². The first-order valence-electron chi connectivity index (χ1n) is 43.7. The van der Waals surface area contributed by atoms with Crippen LogP contribution in [0.2, 0.25) is 36.3 Å². The van der Waals surface area contributed by atoms with E-state index in [2.05, 4.69) is 174 Å². The van der Waals surface area contributed by atoms with Gasteiger partial charge >= 0.3 is 29.8 Å². The molecule has 0 bridgehead atoms. The molecule has 114 heavy (non-hydrogen) atoms. The van der Waals surface area contributed by atoms with Gasteiger partial charge in [-0.1, -0.05) is 159 Å². The number of allylic oxidation sites excluding steroid dienone is 9. The van der Waals surface area contributed by atoms with E-state index in [1.165, 1.54) is 16.7 Å². The Hall–Kier alpha value is -5.24. The second-order valence-corrected chi connectivity index (χ2v) is 49.8. The molecule has 21 atom stereocenters. The average molecular weight is 1630 g/mol. The van der Waals surface area contributed by atoms with Crippen molar-refractivity contribution >= 4 is 58.3 Å². The van der Waals surface area contributed by atoms with Gasteiger partial charge in [-0.05, 0) is 251 Å². The zero-order valence-corrected chi connectivity index (χ0v) is 77.2. The van der Waals surface area contributed by atoms with Crippen molar-refractivity contribution in [1.82, 2.24) is 5.32 Å². The summed E-state index contributed by atoms with van der Waals surface area (Å²) in [6.07, 6.45) is 28.9. The van der Waals surface area contributed by atoms with Crippen LogP contribution in [0.25, 0.3) is 0 Å². The molecule has 9 N–H and O–H groups in total. The highest BCUT2D eigenvalue weighted by molar-refractivity contribution is 6.74. The molecule has 650 valence electrons. The first kappa shape index (κ1) is 99.3. The number of ether oxygens (including phenoxy) is 4. The Kier molecular flexibility index (Phi) is 37.6. The maximum absolute atomic E-state index is 13.3. The standard InChI is InChI=1S/C37H68O6Si2.C30H52N4O5.C25H38O5/c1-16-37(10,11)34(40)41-31-22-25(2)21-27-18-17-26(3)30(33(27)31)20-19-28(42-44(12,13)35(4,5)6)23-29(24-32(38)39)43-45(14,15)36(7,8)9;1-6-30(4,5)28(38)39-25-16-19(2)15-21-10-9-20(3)24(27(21)25)12-11-22(35)17-23(36)18-26(37)33-13-7-8-14-34-29(31)32;1-6-25(4,5)24(28)30-21-12-15(2)11-17-8-7-16(3)20(23(17)21)10-9-19-13-18(26)14-22(27)29-19/h17-18,21,25-26,28-31,33H,16,19-20,22-24H2,1-15H3,(H,38,39);9-10,15,19-20,22-25,27,35-36H,6-8,11-14,16-18H2,1-5H3,(H,33,37)(H4,31,32,34);7-8,11,15-16,18-21,23,26H,6,9-10,12-14H2,1-5H3/t25-,26-,28-,29+,30-,31-,33-;19-,20-,22+,23+,24-,25-,27-;15-,16-,18+,19+,20-,21-,23-/m000/s1. The van der Waals surface area contributed by atoms with Crippen LogP contribution in [-0.2, 0) is 56.6 Å². The second-order valence-electron chi connectivity index (χ2n) is 40.3. The smallest absolute Gasteiger partial charge is 0.311 e. The highest BCUT2D eigenvalue weighted by Gasteiger charge is 2.49. The van der Waals surface area contributed by atoms with E-state index in [0.29, 0.717) is 80.2 Å². The van der Waals surface area contributed by atoms with Gasteiger partial charge in [0, 0.05) is 43.4 Å². The number of aliphatic hydroxyl groups is 3. The van der Waals surface area contributed by atoms with Crippen molar-refractivity contribution in [2.75, 3.05) is 13.1 Å². The van der Waals surface area contributed by atoms with Crippen molar-refractivity contribution < 1.29 is 77.0 Å². The number of fused-ring (bicyclic) bond motifs is 3. The molecule has 1 amide bonds. The van der Waals surface area contributed by atoms with Crippen molar-refractivity contribution in [3.8, 4) is 0 Å². The summed E-state index contributed by atoms with van der Waals surface area (Å²) in [4.78, 5) is 79.0. The molecule has 0 spiro atoms. The second kappa shape index (κ2) is 43.1. The van der Waals surface area contributed by atoms with Crippen LogP contribution in [0, 0.1) is 87.3 Å². The van der Waals surface area contributed by atoms with Crippen molar-refractivity contribution in [3.05, 3.63) is 71.4 Å². The predicted molar refractivity (Wildman–Crippen MR) is 461 cm³/mol. The van der Waals surface area contributed by atoms with Gasteiger partial charge in [0.15, 0.2) is 22.6 Å². The van der Waals surface area contributed by atoms with Crippen LogP contribution < -0.4 is 16.8 Å². The van der Waals surface area contributed by atoms with Crippen LogP contribution in [-0.4, -0.2) is 147 Å². The van der Waals surface area contributed by atoms with E-state index in [0.717, 1.165) is 77.0 Å². The van der Waals surface area contributed by atoms with E-state index in [-0.39, 0.29) is 132 Å². The lowest BCUT2D eigenvalue weighted by atomic mass is 9.65. The molecule has 0 saturated carbocycles. The molecular formula is C92H158N4O16Si2. The molecule has 6 aliphatic carbocycles. The fourth-order valence-corrected chi connectivity index (χ4v) is 19.5. The number of nitrogens with two attached hydrogens (primary N) is 2. The van der Waals surface area contributed by atoms with Gasteiger partial charge in [-0.2, -0.15) is 0 Å². The molecule has 0 aromatic carbocycles. The molecule has 0 aromatic rings. The number of aliphatic imine (C=N–C) groups is 1.